The molecule has 0 saturated carbocycles. The molecule has 1 heteroatoms. The van der Waals surface area contributed by atoms with Gasteiger partial charge in [-0.25, -0.2) is 0 Å². The molecule has 0 saturated heterocycles. The van der Waals surface area contributed by atoms with Gasteiger partial charge >= 0.3 is 0 Å². The van der Waals surface area contributed by atoms with E-state index in [0.717, 1.165) is 5.76 Å². The molecular formula is C9H14O. The summed E-state index contributed by atoms with van der Waals surface area (Å²) in [6, 6.07) is 0. The Morgan fingerprint density at radius 1 is 1.50 bits per heavy atom. The maximum absolute atomic E-state index is 5.42. The minimum Gasteiger partial charge on any atom is -0.486 e. The van der Waals surface area contributed by atoms with Crippen LogP contribution in [0.15, 0.2) is 24.5 Å². The maximum Gasteiger partial charge on any atom is 0.122 e. The van der Waals surface area contributed by atoms with Crippen LogP contribution < -0.4 is 0 Å². The summed E-state index contributed by atoms with van der Waals surface area (Å²) in [6.07, 6.45) is 4.19. The Hall–Kier alpha value is -0.720. The van der Waals surface area contributed by atoms with Gasteiger partial charge in [0.25, 0.3) is 0 Å². The molecule has 0 aromatic carbocycles. The summed E-state index contributed by atoms with van der Waals surface area (Å²) < 4.78 is 5.42. The fourth-order valence-electron chi connectivity index (χ4n) is 0.902. The zero-order chi connectivity index (χ0) is 7.78. The van der Waals surface area contributed by atoms with Crippen LogP contribution in [0.25, 0.3) is 0 Å². The van der Waals surface area contributed by atoms with E-state index in [-0.39, 0.29) is 11.5 Å². The summed E-state index contributed by atoms with van der Waals surface area (Å²) in [5, 5.41) is 0. The van der Waals surface area contributed by atoms with E-state index in [1.165, 1.54) is 0 Å². The van der Waals surface area contributed by atoms with Gasteiger partial charge in [0.2, 0.25) is 0 Å². The minimum absolute atomic E-state index is 0.190. The van der Waals surface area contributed by atoms with Crippen molar-refractivity contribution in [3.8, 4) is 0 Å². The van der Waals surface area contributed by atoms with Gasteiger partial charge in [-0.2, -0.15) is 0 Å². The lowest BCUT2D eigenvalue weighted by Crippen LogP contribution is -2.23. The molecule has 1 unspecified atom stereocenters. The highest BCUT2D eigenvalue weighted by Gasteiger charge is 2.26. The van der Waals surface area contributed by atoms with Gasteiger partial charge in [0.05, 0.1) is 0 Å². The molecule has 0 fully saturated rings. The molecule has 1 rings (SSSR count). The Balaban J connectivity index is 2.63. The Bertz CT molecular complexity index is 172. The maximum atomic E-state index is 5.42. The molecule has 1 atom stereocenters. The third kappa shape index (κ3) is 1.41. The molecule has 1 heterocycles. The second kappa shape index (κ2) is 2.15. The van der Waals surface area contributed by atoms with Crippen molar-refractivity contribution in [3.05, 3.63) is 24.5 Å². The molecule has 0 aromatic heterocycles. The SMILES string of the molecule is C=C1C=CC(C(C)(C)C)O1. The standard InChI is InChI=1S/C9H14O/c1-7-5-6-8(10-7)9(2,3)4/h5-6,8H,1H2,2-4H3. The monoisotopic (exact) mass is 138 g/mol. The third-order valence-corrected chi connectivity index (χ3v) is 1.59. The van der Waals surface area contributed by atoms with Crippen LogP contribution in [0.2, 0.25) is 0 Å². The highest BCUT2D eigenvalue weighted by atomic mass is 16.5. The Morgan fingerprint density at radius 3 is 2.30 bits per heavy atom. The van der Waals surface area contributed by atoms with Crippen molar-refractivity contribution in [2.45, 2.75) is 26.9 Å². The van der Waals surface area contributed by atoms with Crippen molar-refractivity contribution < 1.29 is 4.74 Å². The summed E-state index contributed by atoms with van der Waals surface area (Å²) >= 11 is 0. The number of allylic oxidation sites excluding steroid dienone is 1. The van der Waals surface area contributed by atoms with Crippen molar-refractivity contribution in [2.75, 3.05) is 0 Å². The fraction of sp³-hybridized carbons (Fsp3) is 0.556. The number of hydrogen-bond donors (Lipinski definition) is 0. The first kappa shape index (κ1) is 7.39. The van der Waals surface area contributed by atoms with E-state index >= 15 is 0 Å². The summed E-state index contributed by atoms with van der Waals surface area (Å²) in [6.45, 7) is 10.2. The zero-order valence-electron chi connectivity index (χ0n) is 6.85. The summed E-state index contributed by atoms with van der Waals surface area (Å²) in [5.41, 5.74) is 0.190. The lowest BCUT2D eigenvalue weighted by molar-refractivity contribution is 0.0846. The molecule has 0 aromatic rings. The van der Waals surface area contributed by atoms with Crippen molar-refractivity contribution >= 4 is 0 Å². The van der Waals surface area contributed by atoms with Crippen LogP contribution in [0.5, 0.6) is 0 Å². The number of rotatable bonds is 0. The number of hydrogen-bond acceptors (Lipinski definition) is 1. The molecule has 0 N–H and O–H groups in total. The zero-order valence-corrected chi connectivity index (χ0v) is 6.85. The Kier molecular flexibility index (Phi) is 1.59. The van der Waals surface area contributed by atoms with Gasteiger partial charge < -0.3 is 4.74 Å². The van der Waals surface area contributed by atoms with E-state index in [1.54, 1.807) is 0 Å². The van der Waals surface area contributed by atoms with E-state index in [2.05, 4.69) is 33.4 Å². The van der Waals surface area contributed by atoms with Crippen molar-refractivity contribution in [1.29, 1.82) is 0 Å². The van der Waals surface area contributed by atoms with E-state index < -0.39 is 0 Å². The predicted octanol–water partition coefficient (Wildman–Crippen LogP) is 2.50. The first-order valence-electron chi connectivity index (χ1n) is 3.54. The van der Waals surface area contributed by atoms with Gasteiger partial charge in [0, 0.05) is 5.41 Å². The first-order valence-corrected chi connectivity index (χ1v) is 3.54. The van der Waals surface area contributed by atoms with Crippen LogP contribution in [0, 0.1) is 5.41 Å². The van der Waals surface area contributed by atoms with E-state index in [1.807, 2.05) is 6.08 Å². The van der Waals surface area contributed by atoms with Gasteiger partial charge in [0.1, 0.15) is 11.9 Å². The Labute approximate surface area is 62.4 Å². The van der Waals surface area contributed by atoms with Crippen molar-refractivity contribution in [2.24, 2.45) is 5.41 Å². The largest absolute Gasteiger partial charge is 0.486 e. The van der Waals surface area contributed by atoms with Crippen LogP contribution in [0.4, 0.5) is 0 Å². The number of ether oxygens (including phenoxy) is 1. The molecule has 0 bridgehead atoms. The first-order chi connectivity index (χ1) is 4.50. The second-order valence-corrected chi connectivity index (χ2v) is 3.73. The van der Waals surface area contributed by atoms with Crippen LogP contribution in [0.1, 0.15) is 20.8 Å². The van der Waals surface area contributed by atoms with Crippen molar-refractivity contribution in [3.63, 3.8) is 0 Å². The van der Waals surface area contributed by atoms with E-state index in [4.69, 9.17) is 4.74 Å². The van der Waals surface area contributed by atoms with Crippen LogP contribution >= 0.6 is 0 Å². The van der Waals surface area contributed by atoms with Gasteiger partial charge in [-0.3, -0.25) is 0 Å². The van der Waals surface area contributed by atoms with Crippen molar-refractivity contribution in [1.82, 2.24) is 0 Å². The highest BCUT2D eigenvalue weighted by molar-refractivity contribution is 5.17. The fourth-order valence-corrected chi connectivity index (χ4v) is 0.902. The van der Waals surface area contributed by atoms with Gasteiger partial charge in [0.15, 0.2) is 0 Å². The van der Waals surface area contributed by atoms with E-state index in [9.17, 15) is 0 Å². The lowest BCUT2D eigenvalue weighted by Gasteiger charge is -2.24. The van der Waals surface area contributed by atoms with Gasteiger partial charge in [-0.05, 0) is 12.2 Å². The summed E-state index contributed by atoms with van der Waals surface area (Å²) in [5.74, 6) is 0.778. The van der Waals surface area contributed by atoms with Crippen LogP contribution in [0.3, 0.4) is 0 Å². The minimum atomic E-state index is 0.190. The Morgan fingerprint density at radius 2 is 2.10 bits per heavy atom. The highest BCUT2D eigenvalue weighted by Crippen LogP contribution is 2.29. The van der Waals surface area contributed by atoms with Gasteiger partial charge in [-0.15, -0.1) is 0 Å². The normalized spacial score (nSPS) is 25.1. The molecule has 0 spiro atoms. The van der Waals surface area contributed by atoms with Crippen LogP contribution in [-0.4, -0.2) is 6.10 Å². The summed E-state index contributed by atoms with van der Waals surface area (Å²) in [4.78, 5) is 0. The van der Waals surface area contributed by atoms with E-state index in [0.29, 0.717) is 0 Å². The molecule has 1 aliphatic rings. The predicted molar refractivity (Wildman–Crippen MR) is 42.6 cm³/mol. The lowest BCUT2D eigenvalue weighted by atomic mass is 9.89. The molecule has 1 nitrogen and oxygen atoms in total. The molecule has 56 valence electrons. The molecule has 1 aliphatic heterocycles. The molecule has 0 radical (unpaired) electrons. The molecular weight excluding hydrogens is 124 g/mol. The van der Waals surface area contributed by atoms with Gasteiger partial charge in [-0.1, -0.05) is 27.4 Å². The third-order valence-electron chi connectivity index (χ3n) is 1.59. The quantitative estimate of drug-likeness (QED) is 0.499. The topological polar surface area (TPSA) is 9.23 Å². The second-order valence-electron chi connectivity index (χ2n) is 3.73. The average molecular weight is 138 g/mol. The smallest absolute Gasteiger partial charge is 0.122 e. The molecule has 10 heavy (non-hydrogen) atoms. The average Bonchev–Trinajstić information content (AvgIpc) is 2.11. The summed E-state index contributed by atoms with van der Waals surface area (Å²) in [7, 11) is 0. The van der Waals surface area contributed by atoms with Crippen LogP contribution in [-0.2, 0) is 4.74 Å². The molecule has 0 aliphatic carbocycles. The molecule has 0 amide bonds.